The number of carbonyl (C=O) groups excluding carboxylic acids is 2. The first-order valence-corrected chi connectivity index (χ1v) is 14.6. The van der Waals surface area contributed by atoms with E-state index >= 15 is 0 Å². The molecular weight excluding hydrogens is 502 g/mol. The van der Waals surface area contributed by atoms with E-state index < -0.39 is 5.60 Å². The van der Waals surface area contributed by atoms with Crippen LogP contribution in [0.25, 0.3) is 11.0 Å². The Morgan fingerprint density at radius 2 is 1.89 bits per heavy atom. The number of fused-ring (bicyclic) bond motifs is 1. The third-order valence-corrected chi connectivity index (χ3v) is 8.42. The van der Waals surface area contributed by atoms with Gasteiger partial charge in [-0.2, -0.15) is 0 Å². The van der Waals surface area contributed by atoms with Crippen LogP contribution in [0.2, 0.25) is 0 Å². The van der Waals surface area contributed by atoms with Gasteiger partial charge >= 0.3 is 6.09 Å². The van der Waals surface area contributed by atoms with Crippen LogP contribution in [0.15, 0.2) is 29.7 Å². The Bertz CT molecular complexity index is 1180. The molecule has 2 aromatic rings. The highest BCUT2D eigenvalue weighted by molar-refractivity contribution is 8.04. The van der Waals surface area contributed by atoms with Crippen LogP contribution < -0.4 is 4.90 Å². The number of piperidine rings is 2. The van der Waals surface area contributed by atoms with Gasteiger partial charge in [-0.25, -0.2) is 14.8 Å². The number of nitrogens with zero attached hydrogens (tertiary/aromatic N) is 6. The van der Waals surface area contributed by atoms with Gasteiger partial charge in [0.15, 0.2) is 0 Å². The molecule has 11 heteroatoms. The number of likely N-dealkylation sites (tertiary alicyclic amines) is 2. The zero-order valence-electron chi connectivity index (χ0n) is 22.9. The number of aromatic amines is 1. The van der Waals surface area contributed by atoms with Gasteiger partial charge in [0.25, 0.3) is 5.91 Å². The molecule has 0 aromatic carbocycles. The van der Waals surface area contributed by atoms with Crippen LogP contribution in [-0.4, -0.2) is 105 Å². The largest absolute Gasteiger partial charge is 0.444 e. The van der Waals surface area contributed by atoms with Crippen molar-refractivity contribution in [2.45, 2.75) is 64.1 Å². The van der Waals surface area contributed by atoms with Crippen molar-refractivity contribution in [3.63, 3.8) is 0 Å². The number of aromatic nitrogens is 3. The standard InChI is InChI=1S/C27H39N7O3S/c1-27(2,3)37-26(36)34(19-8-12-31(4)13-9-19)20-6-5-11-33(16-20)25(35)22-17-32(14-15-38-22)24-21-7-10-28-23(21)29-18-30-24/h7,10,17-20H,5-6,8-9,11-16H2,1-4H3,(H,28,29,30)/t20-/m1/s1. The average Bonchev–Trinajstić information content (AvgIpc) is 3.38. The van der Waals surface area contributed by atoms with Crippen LogP contribution in [0.4, 0.5) is 10.6 Å². The van der Waals surface area contributed by atoms with Gasteiger partial charge in [-0.3, -0.25) is 4.79 Å². The third-order valence-electron chi connectivity index (χ3n) is 7.44. The minimum atomic E-state index is -0.566. The molecule has 38 heavy (non-hydrogen) atoms. The van der Waals surface area contributed by atoms with E-state index in [9.17, 15) is 9.59 Å². The molecule has 1 N–H and O–H groups in total. The van der Waals surface area contributed by atoms with E-state index in [1.54, 1.807) is 18.1 Å². The van der Waals surface area contributed by atoms with Gasteiger partial charge in [0.1, 0.15) is 23.4 Å². The molecule has 2 saturated heterocycles. The minimum absolute atomic E-state index is 0.0243. The van der Waals surface area contributed by atoms with Crippen LogP contribution in [0, 0.1) is 0 Å². The highest BCUT2D eigenvalue weighted by Crippen LogP contribution is 2.32. The Morgan fingerprint density at radius 1 is 1.11 bits per heavy atom. The van der Waals surface area contributed by atoms with Crippen molar-refractivity contribution in [1.82, 2.24) is 29.7 Å². The average molecular weight is 542 g/mol. The molecule has 5 heterocycles. The molecule has 0 saturated carbocycles. The van der Waals surface area contributed by atoms with Crippen molar-refractivity contribution in [1.29, 1.82) is 0 Å². The fourth-order valence-electron chi connectivity index (χ4n) is 5.58. The fourth-order valence-corrected chi connectivity index (χ4v) is 6.54. The zero-order valence-corrected chi connectivity index (χ0v) is 23.7. The smallest absolute Gasteiger partial charge is 0.410 e. The van der Waals surface area contributed by atoms with Gasteiger partial charge in [0, 0.05) is 43.8 Å². The van der Waals surface area contributed by atoms with E-state index in [0.717, 1.165) is 67.9 Å². The zero-order chi connectivity index (χ0) is 26.9. The molecule has 0 aliphatic carbocycles. The van der Waals surface area contributed by atoms with Crippen molar-refractivity contribution in [3.05, 3.63) is 29.7 Å². The molecule has 2 amide bonds. The van der Waals surface area contributed by atoms with Crippen molar-refractivity contribution < 1.29 is 14.3 Å². The summed E-state index contributed by atoms with van der Waals surface area (Å²) in [5, 5.41) is 0.937. The van der Waals surface area contributed by atoms with E-state index in [2.05, 4.69) is 31.8 Å². The first-order valence-electron chi connectivity index (χ1n) is 13.6. The van der Waals surface area contributed by atoms with Gasteiger partial charge in [0.2, 0.25) is 0 Å². The molecule has 0 spiro atoms. The summed E-state index contributed by atoms with van der Waals surface area (Å²) in [5.41, 5.74) is 0.216. The molecule has 206 valence electrons. The highest BCUT2D eigenvalue weighted by atomic mass is 32.2. The summed E-state index contributed by atoms with van der Waals surface area (Å²) in [6, 6.07) is 2.04. The molecule has 2 fully saturated rings. The van der Waals surface area contributed by atoms with Crippen molar-refractivity contribution in [2.24, 2.45) is 0 Å². The second-order valence-corrected chi connectivity index (χ2v) is 12.6. The number of nitrogens with one attached hydrogen (secondary N) is 1. The maximum atomic E-state index is 13.8. The normalized spacial score (nSPS) is 21.9. The van der Waals surface area contributed by atoms with Crippen LogP contribution in [0.3, 0.4) is 0 Å². The van der Waals surface area contributed by atoms with E-state index in [1.807, 2.05) is 49.0 Å². The molecule has 5 rings (SSSR count). The molecule has 1 atom stereocenters. The summed E-state index contributed by atoms with van der Waals surface area (Å²) < 4.78 is 5.87. The number of thioether (sulfide) groups is 1. The summed E-state index contributed by atoms with van der Waals surface area (Å²) in [6.45, 7) is 9.62. The summed E-state index contributed by atoms with van der Waals surface area (Å²) in [4.78, 5) is 48.1. The lowest BCUT2D eigenvalue weighted by molar-refractivity contribution is -0.128. The number of hydrogen-bond donors (Lipinski definition) is 1. The monoisotopic (exact) mass is 541 g/mol. The number of amides is 2. The number of carbonyl (C=O) groups is 2. The molecular formula is C27H39N7O3S. The Morgan fingerprint density at radius 3 is 2.66 bits per heavy atom. The lowest BCUT2D eigenvalue weighted by Crippen LogP contribution is -2.57. The van der Waals surface area contributed by atoms with Gasteiger partial charge in [-0.05, 0) is 72.7 Å². The lowest BCUT2D eigenvalue weighted by Gasteiger charge is -2.45. The predicted molar refractivity (Wildman–Crippen MR) is 150 cm³/mol. The molecule has 0 unspecified atom stereocenters. The van der Waals surface area contributed by atoms with Gasteiger partial charge in [-0.15, -0.1) is 11.8 Å². The minimum Gasteiger partial charge on any atom is -0.444 e. The summed E-state index contributed by atoms with van der Waals surface area (Å²) in [6.07, 6.45) is 8.65. The van der Waals surface area contributed by atoms with Crippen molar-refractivity contribution in [2.75, 3.05) is 50.4 Å². The first kappa shape index (κ1) is 26.8. The predicted octanol–water partition coefficient (Wildman–Crippen LogP) is 3.67. The van der Waals surface area contributed by atoms with E-state index in [-0.39, 0.29) is 24.1 Å². The van der Waals surface area contributed by atoms with E-state index in [4.69, 9.17) is 4.74 Å². The van der Waals surface area contributed by atoms with Crippen LogP contribution in [0.5, 0.6) is 0 Å². The molecule has 0 radical (unpaired) electrons. The molecule has 3 aliphatic rings. The number of ether oxygens (including phenoxy) is 1. The lowest BCUT2D eigenvalue weighted by atomic mass is 9.97. The molecule has 2 aromatic heterocycles. The Kier molecular flexibility index (Phi) is 7.85. The SMILES string of the molecule is CN1CCC(N(C(=O)OC(C)(C)C)[C@@H]2CCCN(C(=O)C3=CN(c4ncnc5[nH]ccc45)CCS3)C2)CC1. The summed E-state index contributed by atoms with van der Waals surface area (Å²) in [7, 11) is 2.12. The topological polar surface area (TPSA) is 97.9 Å². The highest BCUT2D eigenvalue weighted by Gasteiger charge is 2.39. The Hall–Kier alpha value is -2.79. The Labute approximate surface area is 228 Å². The molecule has 3 aliphatic heterocycles. The number of anilines is 1. The quantitative estimate of drug-likeness (QED) is 0.626. The van der Waals surface area contributed by atoms with Crippen LogP contribution in [-0.2, 0) is 9.53 Å². The number of rotatable bonds is 4. The van der Waals surface area contributed by atoms with Crippen molar-refractivity contribution in [3.8, 4) is 0 Å². The van der Waals surface area contributed by atoms with Gasteiger partial charge in [0.05, 0.1) is 16.3 Å². The van der Waals surface area contributed by atoms with E-state index in [0.29, 0.717) is 18.0 Å². The summed E-state index contributed by atoms with van der Waals surface area (Å²) >= 11 is 1.59. The van der Waals surface area contributed by atoms with Crippen LogP contribution in [0.1, 0.15) is 46.5 Å². The Balaban J connectivity index is 1.34. The second-order valence-electron chi connectivity index (χ2n) is 11.4. The van der Waals surface area contributed by atoms with E-state index in [1.165, 1.54) is 0 Å². The number of H-pyrrole nitrogens is 1. The van der Waals surface area contributed by atoms with Crippen LogP contribution >= 0.6 is 11.8 Å². The number of hydrogen-bond acceptors (Lipinski definition) is 8. The molecule has 0 bridgehead atoms. The maximum absolute atomic E-state index is 13.8. The van der Waals surface area contributed by atoms with Crippen molar-refractivity contribution >= 4 is 40.6 Å². The fraction of sp³-hybridized carbons (Fsp3) is 0.630. The van der Waals surface area contributed by atoms with Gasteiger partial charge in [-0.1, -0.05) is 0 Å². The van der Waals surface area contributed by atoms with Gasteiger partial charge < -0.3 is 29.3 Å². The summed E-state index contributed by atoms with van der Waals surface area (Å²) in [5.74, 6) is 1.62. The molecule has 10 nitrogen and oxygen atoms in total. The first-order chi connectivity index (χ1) is 18.2. The maximum Gasteiger partial charge on any atom is 0.410 e. The third kappa shape index (κ3) is 5.93. The second kappa shape index (κ2) is 11.1.